The third-order valence-corrected chi connectivity index (χ3v) is 4.78. The van der Waals surface area contributed by atoms with Crippen LogP contribution in [0.4, 0.5) is 5.69 Å². The Kier molecular flexibility index (Phi) is 5.53. The minimum absolute atomic E-state index is 0.00784. The van der Waals surface area contributed by atoms with Gasteiger partial charge in [-0.15, -0.1) is 0 Å². The summed E-state index contributed by atoms with van der Waals surface area (Å²) in [5.74, 6) is 1.51. The maximum Gasteiger partial charge on any atom is 0.251 e. The lowest BCUT2D eigenvalue weighted by molar-refractivity contribution is -0.116. The highest BCUT2D eigenvalue weighted by Gasteiger charge is 2.17. The van der Waals surface area contributed by atoms with Gasteiger partial charge in [0.1, 0.15) is 18.5 Å². The van der Waals surface area contributed by atoms with Crippen LogP contribution in [0.3, 0.4) is 0 Å². The number of carbonyl (C=O) groups excluding carboxylic acids is 2. The van der Waals surface area contributed by atoms with Crippen molar-refractivity contribution in [2.45, 2.75) is 25.4 Å². The zero-order chi connectivity index (χ0) is 20.2. The van der Waals surface area contributed by atoms with Crippen molar-refractivity contribution < 1.29 is 28.9 Å². The van der Waals surface area contributed by atoms with Crippen LogP contribution in [-0.2, 0) is 11.2 Å². The van der Waals surface area contributed by atoms with E-state index in [-0.39, 0.29) is 31.8 Å². The van der Waals surface area contributed by atoms with E-state index < -0.39 is 6.10 Å². The quantitative estimate of drug-likeness (QED) is 0.686. The molecule has 3 N–H and O–H groups in total. The number of aryl methyl sites for hydroxylation is 1. The zero-order valence-corrected chi connectivity index (χ0v) is 15.8. The van der Waals surface area contributed by atoms with E-state index in [1.54, 1.807) is 36.4 Å². The van der Waals surface area contributed by atoms with Gasteiger partial charge < -0.3 is 30.0 Å². The van der Waals surface area contributed by atoms with Gasteiger partial charge in [0.05, 0.1) is 0 Å². The van der Waals surface area contributed by atoms with Crippen LogP contribution in [0.25, 0.3) is 0 Å². The first-order chi connectivity index (χ1) is 14.1. The largest absolute Gasteiger partial charge is 0.491 e. The van der Waals surface area contributed by atoms with Crippen molar-refractivity contribution in [1.29, 1.82) is 0 Å². The van der Waals surface area contributed by atoms with Gasteiger partial charge in [-0.2, -0.15) is 0 Å². The molecule has 2 heterocycles. The summed E-state index contributed by atoms with van der Waals surface area (Å²) >= 11 is 0. The number of rotatable bonds is 6. The van der Waals surface area contributed by atoms with Crippen molar-refractivity contribution in [2.75, 3.05) is 25.3 Å². The molecule has 0 saturated carbocycles. The molecular formula is C21H22N2O6. The van der Waals surface area contributed by atoms with Crippen molar-refractivity contribution >= 4 is 17.5 Å². The van der Waals surface area contributed by atoms with Gasteiger partial charge in [0, 0.05) is 30.3 Å². The summed E-state index contributed by atoms with van der Waals surface area (Å²) in [6.45, 7) is 0.260. The highest BCUT2D eigenvalue weighted by Crippen LogP contribution is 2.35. The van der Waals surface area contributed by atoms with Crippen molar-refractivity contribution in [3.8, 4) is 17.2 Å². The van der Waals surface area contributed by atoms with Crippen LogP contribution < -0.4 is 24.8 Å². The summed E-state index contributed by atoms with van der Waals surface area (Å²) < 4.78 is 16.1. The average Bonchev–Trinajstić information content (AvgIpc) is 3.11. The van der Waals surface area contributed by atoms with Crippen molar-refractivity contribution in [2.24, 2.45) is 0 Å². The second-order valence-electron chi connectivity index (χ2n) is 6.96. The number of aliphatic hydroxyl groups is 1. The number of hydrogen-bond acceptors (Lipinski definition) is 6. The fourth-order valence-corrected chi connectivity index (χ4v) is 3.25. The number of benzene rings is 2. The molecule has 29 heavy (non-hydrogen) atoms. The van der Waals surface area contributed by atoms with Crippen LogP contribution in [0, 0.1) is 0 Å². The Hall–Kier alpha value is -3.26. The lowest BCUT2D eigenvalue weighted by atomic mass is 10.0. The van der Waals surface area contributed by atoms with Gasteiger partial charge in [-0.1, -0.05) is 0 Å². The van der Waals surface area contributed by atoms with Gasteiger partial charge in [-0.25, -0.2) is 0 Å². The Morgan fingerprint density at radius 2 is 2.03 bits per heavy atom. The van der Waals surface area contributed by atoms with Gasteiger partial charge in [0.2, 0.25) is 12.7 Å². The third-order valence-electron chi connectivity index (χ3n) is 4.78. The Morgan fingerprint density at radius 1 is 1.17 bits per heavy atom. The van der Waals surface area contributed by atoms with Crippen LogP contribution in [0.2, 0.25) is 0 Å². The number of fused-ring (bicyclic) bond motifs is 2. The monoisotopic (exact) mass is 398 g/mol. The van der Waals surface area contributed by atoms with Gasteiger partial charge in [0.15, 0.2) is 11.5 Å². The van der Waals surface area contributed by atoms with Crippen molar-refractivity contribution in [3.05, 3.63) is 47.5 Å². The van der Waals surface area contributed by atoms with E-state index in [1.165, 1.54) is 0 Å². The van der Waals surface area contributed by atoms with Crippen LogP contribution in [-0.4, -0.2) is 43.0 Å². The first-order valence-electron chi connectivity index (χ1n) is 9.50. The molecule has 8 heteroatoms. The topological polar surface area (TPSA) is 106 Å². The van der Waals surface area contributed by atoms with E-state index in [0.29, 0.717) is 29.2 Å². The normalized spacial score (nSPS) is 15.7. The van der Waals surface area contributed by atoms with Gasteiger partial charge >= 0.3 is 0 Å². The predicted molar refractivity (Wildman–Crippen MR) is 104 cm³/mol. The second kappa shape index (κ2) is 8.40. The van der Waals surface area contributed by atoms with Crippen LogP contribution in [0.5, 0.6) is 17.2 Å². The first kappa shape index (κ1) is 19.1. The average molecular weight is 398 g/mol. The fraction of sp³-hybridized carbons (Fsp3) is 0.333. The second-order valence-corrected chi connectivity index (χ2v) is 6.96. The molecule has 0 aromatic heterocycles. The summed E-state index contributed by atoms with van der Waals surface area (Å²) in [6.07, 6.45) is 1.09. The molecule has 0 spiro atoms. The van der Waals surface area contributed by atoms with E-state index >= 15 is 0 Å². The number of ether oxygens (including phenoxy) is 3. The Balaban J connectivity index is 1.28. The summed E-state index contributed by atoms with van der Waals surface area (Å²) in [6, 6.07) is 10.4. The maximum atomic E-state index is 12.4. The van der Waals surface area contributed by atoms with E-state index in [4.69, 9.17) is 14.2 Å². The number of nitrogens with one attached hydrogen (secondary N) is 2. The molecule has 8 nitrogen and oxygen atoms in total. The minimum Gasteiger partial charge on any atom is -0.491 e. The van der Waals surface area contributed by atoms with Gasteiger partial charge in [-0.3, -0.25) is 9.59 Å². The molecule has 0 bridgehead atoms. The molecule has 2 aromatic rings. The number of anilines is 1. The first-order valence-corrected chi connectivity index (χ1v) is 9.50. The molecule has 0 aliphatic carbocycles. The summed E-state index contributed by atoms with van der Waals surface area (Å²) in [5, 5.41) is 15.7. The molecule has 4 rings (SSSR count). The fourth-order valence-electron chi connectivity index (χ4n) is 3.25. The molecule has 2 aliphatic rings. The summed E-state index contributed by atoms with van der Waals surface area (Å²) in [5.41, 5.74) is 2.18. The lowest BCUT2D eigenvalue weighted by Crippen LogP contribution is -2.35. The Bertz CT molecular complexity index is 929. The molecule has 152 valence electrons. The molecule has 0 fully saturated rings. The molecular weight excluding hydrogens is 376 g/mol. The Morgan fingerprint density at radius 3 is 2.93 bits per heavy atom. The zero-order valence-electron chi connectivity index (χ0n) is 15.8. The number of carbonyl (C=O) groups is 2. The number of amides is 2. The van der Waals surface area contributed by atoms with Gasteiger partial charge in [-0.05, 0) is 48.7 Å². The third kappa shape index (κ3) is 4.60. The van der Waals surface area contributed by atoms with E-state index in [2.05, 4.69) is 10.6 Å². The van der Waals surface area contributed by atoms with Crippen LogP contribution in [0.15, 0.2) is 36.4 Å². The number of hydrogen-bond donors (Lipinski definition) is 3. The van der Waals surface area contributed by atoms with Gasteiger partial charge in [0.25, 0.3) is 5.91 Å². The summed E-state index contributed by atoms with van der Waals surface area (Å²) in [4.78, 5) is 24.0. The maximum absolute atomic E-state index is 12.4. The molecule has 2 aliphatic heterocycles. The smallest absolute Gasteiger partial charge is 0.251 e. The van der Waals surface area contributed by atoms with Crippen LogP contribution >= 0.6 is 0 Å². The van der Waals surface area contributed by atoms with Crippen molar-refractivity contribution in [1.82, 2.24) is 5.32 Å². The standard InChI is InChI=1S/C21H22N2O6/c24-15(11-27-16-5-7-18-19(9-16)29-12-28-18)10-22-21(26)14-4-6-17-13(8-14)2-1-3-20(25)23-17/h4-9,15,24H,1-3,10-12H2,(H,22,26)(H,23,25)/t15-/m1/s1. The molecule has 2 aromatic carbocycles. The van der Waals surface area contributed by atoms with Crippen LogP contribution in [0.1, 0.15) is 28.8 Å². The van der Waals surface area contributed by atoms with Crippen molar-refractivity contribution in [3.63, 3.8) is 0 Å². The predicted octanol–water partition coefficient (Wildman–Crippen LogP) is 1.86. The molecule has 0 unspecified atom stereocenters. The molecule has 0 radical (unpaired) electrons. The minimum atomic E-state index is -0.871. The molecule has 1 atom stereocenters. The Labute approximate surface area is 167 Å². The number of aliphatic hydroxyl groups excluding tert-OH is 1. The highest BCUT2D eigenvalue weighted by atomic mass is 16.7. The molecule has 2 amide bonds. The summed E-state index contributed by atoms with van der Waals surface area (Å²) in [7, 11) is 0. The van der Waals surface area contributed by atoms with E-state index in [9.17, 15) is 14.7 Å². The van der Waals surface area contributed by atoms with E-state index in [1.807, 2.05) is 0 Å². The lowest BCUT2D eigenvalue weighted by Gasteiger charge is -2.14. The highest BCUT2D eigenvalue weighted by molar-refractivity contribution is 5.97. The molecule has 0 saturated heterocycles. The SMILES string of the molecule is O=C1CCCc2cc(C(=O)NC[C@@H](O)COc3ccc4c(c3)OCO4)ccc2N1. The van der Waals surface area contributed by atoms with E-state index in [0.717, 1.165) is 24.1 Å².